The molecule has 0 saturated carbocycles. The van der Waals surface area contributed by atoms with Crippen LogP contribution >= 0.6 is 11.8 Å². The van der Waals surface area contributed by atoms with Crippen molar-refractivity contribution < 1.29 is 0 Å². The number of hydrogen-bond acceptors (Lipinski definition) is 4. The number of nitrogens with one attached hydrogen (secondary N) is 1. The van der Waals surface area contributed by atoms with Crippen molar-refractivity contribution in [3.63, 3.8) is 0 Å². The summed E-state index contributed by atoms with van der Waals surface area (Å²) in [6.45, 7) is 1.10. The van der Waals surface area contributed by atoms with Crippen molar-refractivity contribution in [2.24, 2.45) is 7.05 Å². The van der Waals surface area contributed by atoms with Gasteiger partial charge in [-0.1, -0.05) is 18.2 Å². The second-order valence-corrected chi connectivity index (χ2v) is 4.38. The molecule has 2 rings (SSSR count). The van der Waals surface area contributed by atoms with Gasteiger partial charge in [-0.25, -0.2) is 0 Å². The molecule has 0 radical (unpaired) electrons. The van der Waals surface area contributed by atoms with E-state index in [4.69, 9.17) is 0 Å². The summed E-state index contributed by atoms with van der Waals surface area (Å²) in [5, 5.41) is 12.9. The van der Waals surface area contributed by atoms with E-state index in [1.807, 2.05) is 13.3 Å². The van der Waals surface area contributed by atoms with Crippen molar-refractivity contribution in [1.82, 2.24) is 20.1 Å². The summed E-state index contributed by atoms with van der Waals surface area (Å²) in [5.41, 5.74) is 0. The molecular formula is C9H16N4S. The fourth-order valence-corrected chi connectivity index (χ4v) is 2.37. The Morgan fingerprint density at radius 3 is 2.86 bits per heavy atom. The molecule has 1 aliphatic rings. The number of piperidine rings is 1. The van der Waals surface area contributed by atoms with Crippen LogP contribution in [-0.4, -0.2) is 27.6 Å². The number of thioether (sulfide) groups is 1. The maximum absolute atomic E-state index is 4.24. The molecule has 1 saturated heterocycles. The molecule has 1 N–H and O–H groups in total. The third-order valence-electron chi connectivity index (χ3n) is 2.67. The number of aromatic nitrogens is 3. The molecular weight excluding hydrogens is 196 g/mol. The molecule has 78 valence electrons. The lowest BCUT2D eigenvalue weighted by atomic mass is 10.0. The van der Waals surface area contributed by atoms with Gasteiger partial charge in [0.25, 0.3) is 0 Å². The van der Waals surface area contributed by atoms with Crippen molar-refractivity contribution in [2.45, 2.75) is 30.5 Å². The van der Waals surface area contributed by atoms with Crippen LogP contribution in [0.25, 0.3) is 0 Å². The van der Waals surface area contributed by atoms with Crippen LogP contribution in [-0.2, 0) is 7.05 Å². The minimum Gasteiger partial charge on any atom is -0.308 e. The zero-order valence-corrected chi connectivity index (χ0v) is 9.47. The van der Waals surface area contributed by atoms with Crippen molar-refractivity contribution in [2.75, 3.05) is 12.8 Å². The SMILES string of the molecule is CSc1nnc(C2CCCCN2)n1C. The van der Waals surface area contributed by atoms with E-state index >= 15 is 0 Å². The lowest BCUT2D eigenvalue weighted by Crippen LogP contribution is -2.28. The van der Waals surface area contributed by atoms with Crippen LogP contribution in [0.5, 0.6) is 0 Å². The summed E-state index contributed by atoms with van der Waals surface area (Å²) in [5.74, 6) is 1.08. The first-order valence-corrected chi connectivity index (χ1v) is 6.22. The van der Waals surface area contributed by atoms with Crippen molar-refractivity contribution in [3.05, 3.63) is 5.82 Å². The largest absolute Gasteiger partial charge is 0.308 e. The normalized spacial score (nSPS) is 22.6. The molecule has 0 aliphatic carbocycles. The van der Waals surface area contributed by atoms with Crippen molar-refractivity contribution >= 4 is 11.8 Å². The molecule has 0 aromatic carbocycles. The lowest BCUT2D eigenvalue weighted by molar-refractivity contribution is 0.388. The fraction of sp³-hybridized carbons (Fsp3) is 0.778. The number of hydrogen-bond donors (Lipinski definition) is 1. The van der Waals surface area contributed by atoms with Gasteiger partial charge in [-0.15, -0.1) is 10.2 Å². The molecule has 2 heterocycles. The highest BCUT2D eigenvalue weighted by molar-refractivity contribution is 7.98. The molecule has 1 aromatic rings. The fourth-order valence-electron chi connectivity index (χ4n) is 1.88. The smallest absolute Gasteiger partial charge is 0.190 e. The average molecular weight is 212 g/mol. The van der Waals surface area contributed by atoms with Gasteiger partial charge >= 0.3 is 0 Å². The molecule has 1 atom stereocenters. The zero-order valence-electron chi connectivity index (χ0n) is 8.66. The third kappa shape index (κ3) is 1.79. The Bertz CT molecular complexity index is 304. The number of nitrogens with zero attached hydrogens (tertiary/aromatic N) is 3. The van der Waals surface area contributed by atoms with Crippen LogP contribution in [0.1, 0.15) is 31.1 Å². The van der Waals surface area contributed by atoms with Gasteiger partial charge in [0, 0.05) is 7.05 Å². The number of rotatable bonds is 2. The minimum atomic E-state index is 0.405. The Morgan fingerprint density at radius 2 is 2.29 bits per heavy atom. The molecule has 1 fully saturated rings. The van der Waals surface area contributed by atoms with Crippen LogP contribution in [0.15, 0.2) is 5.16 Å². The Kier molecular flexibility index (Phi) is 3.08. The zero-order chi connectivity index (χ0) is 9.97. The van der Waals surface area contributed by atoms with E-state index in [1.54, 1.807) is 11.8 Å². The van der Waals surface area contributed by atoms with E-state index < -0.39 is 0 Å². The van der Waals surface area contributed by atoms with E-state index in [0.717, 1.165) is 17.5 Å². The molecule has 0 spiro atoms. The second kappa shape index (κ2) is 4.31. The van der Waals surface area contributed by atoms with Gasteiger partial charge in [0.2, 0.25) is 0 Å². The van der Waals surface area contributed by atoms with Gasteiger partial charge in [0.05, 0.1) is 6.04 Å². The Balaban J connectivity index is 2.18. The van der Waals surface area contributed by atoms with Crippen molar-refractivity contribution in [3.8, 4) is 0 Å². The Hall–Kier alpha value is -0.550. The molecule has 1 unspecified atom stereocenters. The topological polar surface area (TPSA) is 42.7 Å². The molecule has 1 aromatic heterocycles. The van der Waals surface area contributed by atoms with E-state index in [0.29, 0.717) is 6.04 Å². The Labute approximate surface area is 88.5 Å². The van der Waals surface area contributed by atoms with Crippen LogP contribution < -0.4 is 5.32 Å². The first-order chi connectivity index (χ1) is 6.83. The van der Waals surface area contributed by atoms with Gasteiger partial charge in [-0.2, -0.15) is 0 Å². The average Bonchev–Trinajstić information content (AvgIpc) is 2.61. The first kappa shape index (κ1) is 9.98. The van der Waals surface area contributed by atoms with Crippen LogP contribution in [0.2, 0.25) is 0 Å². The summed E-state index contributed by atoms with van der Waals surface area (Å²) in [6, 6.07) is 0.405. The Morgan fingerprint density at radius 1 is 1.43 bits per heavy atom. The van der Waals surface area contributed by atoms with Gasteiger partial charge < -0.3 is 9.88 Å². The van der Waals surface area contributed by atoms with Gasteiger partial charge in [-0.3, -0.25) is 0 Å². The quantitative estimate of drug-likeness (QED) is 0.752. The molecule has 14 heavy (non-hydrogen) atoms. The molecule has 4 nitrogen and oxygen atoms in total. The first-order valence-electron chi connectivity index (χ1n) is 4.99. The summed E-state index contributed by atoms with van der Waals surface area (Å²) >= 11 is 1.64. The molecule has 5 heteroatoms. The minimum absolute atomic E-state index is 0.405. The van der Waals surface area contributed by atoms with Crippen LogP contribution in [0.4, 0.5) is 0 Å². The van der Waals surface area contributed by atoms with Gasteiger partial charge in [0.15, 0.2) is 11.0 Å². The highest BCUT2D eigenvalue weighted by Crippen LogP contribution is 2.23. The molecule has 0 amide bonds. The highest BCUT2D eigenvalue weighted by atomic mass is 32.2. The second-order valence-electron chi connectivity index (χ2n) is 3.61. The van der Waals surface area contributed by atoms with E-state index in [9.17, 15) is 0 Å². The predicted octanol–water partition coefficient (Wildman–Crippen LogP) is 1.35. The van der Waals surface area contributed by atoms with E-state index in [-0.39, 0.29) is 0 Å². The summed E-state index contributed by atoms with van der Waals surface area (Å²) in [6.07, 6.45) is 5.78. The maximum Gasteiger partial charge on any atom is 0.190 e. The summed E-state index contributed by atoms with van der Waals surface area (Å²) in [7, 11) is 2.04. The monoisotopic (exact) mass is 212 g/mol. The predicted molar refractivity (Wildman–Crippen MR) is 57.4 cm³/mol. The molecule has 1 aliphatic heterocycles. The maximum atomic E-state index is 4.24. The standard InChI is InChI=1S/C9H16N4S/c1-13-8(11-12-9(13)14-2)7-5-3-4-6-10-7/h7,10H,3-6H2,1-2H3. The summed E-state index contributed by atoms with van der Waals surface area (Å²) in [4.78, 5) is 0. The van der Waals surface area contributed by atoms with E-state index in [1.165, 1.54) is 19.3 Å². The summed E-state index contributed by atoms with van der Waals surface area (Å²) < 4.78 is 2.09. The van der Waals surface area contributed by atoms with Crippen LogP contribution in [0.3, 0.4) is 0 Å². The third-order valence-corrected chi connectivity index (χ3v) is 3.39. The van der Waals surface area contributed by atoms with Crippen molar-refractivity contribution in [1.29, 1.82) is 0 Å². The van der Waals surface area contributed by atoms with E-state index in [2.05, 4.69) is 20.1 Å². The van der Waals surface area contributed by atoms with Gasteiger partial charge in [0.1, 0.15) is 0 Å². The molecule has 0 bridgehead atoms. The van der Waals surface area contributed by atoms with Crippen LogP contribution in [0, 0.1) is 0 Å². The highest BCUT2D eigenvalue weighted by Gasteiger charge is 2.20. The van der Waals surface area contributed by atoms with Gasteiger partial charge in [-0.05, 0) is 25.6 Å². The lowest BCUT2D eigenvalue weighted by Gasteiger charge is -2.22.